The Labute approximate surface area is 127 Å². The Bertz CT molecular complexity index is 429. The number of hydrogen-bond acceptors (Lipinski definition) is 4. The van der Waals surface area contributed by atoms with E-state index in [1.165, 1.54) is 6.42 Å². The van der Waals surface area contributed by atoms with Crippen molar-refractivity contribution in [3.05, 3.63) is 30.1 Å². The maximum Gasteiger partial charge on any atom is 0.224 e. The van der Waals surface area contributed by atoms with Crippen molar-refractivity contribution in [2.75, 3.05) is 33.7 Å². The first-order valence-corrected chi connectivity index (χ1v) is 7.70. The lowest BCUT2D eigenvalue weighted by Crippen LogP contribution is -2.39. The fourth-order valence-electron chi connectivity index (χ4n) is 2.60. The second-order valence-corrected chi connectivity index (χ2v) is 5.98. The number of carbonyl (C=O) groups excluding carboxylic acids is 1. The largest absolute Gasteiger partial charge is 0.337 e. The molecular weight excluding hydrogens is 264 g/mol. The number of nitrogens with one attached hydrogen (secondary N) is 1. The standard InChI is InChI=1S/C16H26N4O/c1-19(2)9-10-20(13-14-5-3-7-17-12-14)16(21)11-15-6-4-8-18-15/h3,5,7,12,15,18H,4,6,8-11,13H2,1-2H3. The number of amides is 1. The number of carbonyl (C=O) groups is 1. The molecule has 0 aromatic carbocycles. The molecule has 0 aliphatic carbocycles. The van der Waals surface area contributed by atoms with Gasteiger partial charge in [-0.05, 0) is 45.1 Å². The summed E-state index contributed by atoms with van der Waals surface area (Å²) in [6.45, 7) is 3.32. The molecule has 21 heavy (non-hydrogen) atoms. The van der Waals surface area contributed by atoms with Crippen LogP contribution >= 0.6 is 0 Å². The van der Waals surface area contributed by atoms with Gasteiger partial charge in [-0.2, -0.15) is 0 Å². The van der Waals surface area contributed by atoms with Gasteiger partial charge in [0.2, 0.25) is 5.91 Å². The van der Waals surface area contributed by atoms with Gasteiger partial charge in [-0.1, -0.05) is 6.07 Å². The molecule has 1 amide bonds. The van der Waals surface area contributed by atoms with Crippen LogP contribution in [0, 0.1) is 0 Å². The second kappa shape index (κ2) is 8.10. The van der Waals surface area contributed by atoms with Crippen LogP contribution in [0.25, 0.3) is 0 Å². The van der Waals surface area contributed by atoms with Crippen molar-refractivity contribution in [3.8, 4) is 0 Å². The molecule has 1 atom stereocenters. The second-order valence-electron chi connectivity index (χ2n) is 5.98. The molecule has 0 bridgehead atoms. The maximum atomic E-state index is 12.6. The Morgan fingerprint density at radius 3 is 2.90 bits per heavy atom. The summed E-state index contributed by atoms with van der Waals surface area (Å²) < 4.78 is 0. The van der Waals surface area contributed by atoms with Crippen molar-refractivity contribution in [2.24, 2.45) is 0 Å². The minimum absolute atomic E-state index is 0.236. The molecule has 2 heterocycles. The Morgan fingerprint density at radius 2 is 2.29 bits per heavy atom. The summed E-state index contributed by atoms with van der Waals surface area (Å²) in [6, 6.07) is 4.30. The maximum absolute atomic E-state index is 12.6. The Balaban J connectivity index is 1.94. The number of hydrogen-bond donors (Lipinski definition) is 1. The molecule has 1 saturated heterocycles. The van der Waals surface area contributed by atoms with Crippen molar-refractivity contribution in [1.82, 2.24) is 20.1 Å². The monoisotopic (exact) mass is 290 g/mol. The summed E-state index contributed by atoms with van der Waals surface area (Å²) >= 11 is 0. The van der Waals surface area contributed by atoms with Crippen LogP contribution in [0.3, 0.4) is 0 Å². The van der Waals surface area contributed by atoms with E-state index in [-0.39, 0.29) is 5.91 Å². The summed E-state index contributed by atoms with van der Waals surface area (Å²) in [5, 5.41) is 3.40. The molecule has 0 saturated carbocycles. The number of rotatable bonds is 7. The van der Waals surface area contributed by atoms with Gasteiger partial charge in [0.15, 0.2) is 0 Å². The summed E-state index contributed by atoms with van der Waals surface area (Å²) in [5.41, 5.74) is 1.09. The van der Waals surface area contributed by atoms with Crippen LogP contribution in [0.1, 0.15) is 24.8 Å². The number of likely N-dealkylation sites (N-methyl/N-ethyl adjacent to an activating group) is 1. The van der Waals surface area contributed by atoms with E-state index in [1.807, 2.05) is 37.3 Å². The lowest BCUT2D eigenvalue weighted by Gasteiger charge is -2.25. The molecular formula is C16H26N4O. The van der Waals surface area contributed by atoms with E-state index in [2.05, 4.69) is 15.2 Å². The average Bonchev–Trinajstić information content (AvgIpc) is 2.97. The Kier molecular flexibility index (Phi) is 6.14. The predicted molar refractivity (Wildman–Crippen MR) is 83.8 cm³/mol. The lowest BCUT2D eigenvalue weighted by atomic mass is 10.1. The molecule has 5 nitrogen and oxygen atoms in total. The molecule has 1 N–H and O–H groups in total. The molecule has 5 heteroatoms. The summed E-state index contributed by atoms with van der Waals surface area (Å²) in [4.78, 5) is 20.8. The first-order valence-electron chi connectivity index (χ1n) is 7.70. The smallest absolute Gasteiger partial charge is 0.224 e. The highest BCUT2D eigenvalue weighted by Crippen LogP contribution is 2.12. The molecule has 0 radical (unpaired) electrons. The van der Waals surface area contributed by atoms with E-state index in [1.54, 1.807) is 6.20 Å². The molecule has 1 aliphatic heterocycles. The first-order chi connectivity index (χ1) is 10.1. The summed E-state index contributed by atoms with van der Waals surface area (Å²) in [7, 11) is 4.07. The van der Waals surface area contributed by atoms with Crippen molar-refractivity contribution < 1.29 is 4.79 Å². The zero-order valence-electron chi connectivity index (χ0n) is 13.1. The van der Waals surface area contributed by atoms with E-state index in [0.29, 0.717) is 19.0 Å². The van der Waals surface area contributed by atoms with E-state index in [0.717, 1.165) is 31.6 Å². The third-order valence-electron chi connectivity index (χ3n) is 3.85. The van der Waals surface area contributed by atoms with Crippen molar-refractivity contribution in [3.63, 3.8) is 0 Å². The van der Waals surface area contributed by atoms with Crippen LogP contribution in [0.15, 0.2) is 24.5 Å². The highest BCUT2D eigenvalue weighted by Gasteiger charge is 2.21. The highest BCUT2D eigenvalue weighted by molar-refractivity contribution is 5.76. The quantitative estimate of drug-likeness (QED) is 0.817. The molecule has 116 valence electrons. The van der Waals surface area contributed by atoms with E-state index in [4.69, 9.17) is 0 Å². The van der Waals surface area contributed by atoms with Crippen LogP contribution in [-0.2, 0) is 11.3 Å². The minimum atomic E-state index is 0.236. The van der Waals surface area contributed by atoms with Crippen molar-refractivity contribution in [2.45, 2.75) is 31.8 Å². The normalized spacial score (nSPS) is 18.1. The summed E-state index contributed by atoms with van der Waals surface area (Å²) in [5.74, 6) is 0.236. The topological polar surface area (TPSA) is 48.5 Å². The van der Waals surface area contributed by atoms with Gasteiger partial charge in [-0.3, -0.25) is 9.78 Å². The molecule has 1 aromatic heterocycles. The molecule has 0 spiro atoms. The van der Waals surface area contributed by atoms with Crippen molar-refractivity contribution in [1.29, 1.82) is 0 Å². The van der Waals surface area contributed by atoms with Crippen LogP contribution < -0.4 is 5.32 Å². The average molecular weight is 290 g/mol. The Hall–Kier alpha value is -1.46. The van der Waals surface area contributed by atoms with Gasteiger partial charge in [-0.25, -0.2) is 0 Å². The van der Waals surface area contributed by atoms with Gasteiger partial charge >= 0.3 is 0 Å². The number of aromatic nitrogens is 1. The third kappa shape index (κ3) is 5.44. The molecule has 1 fully saturated rings. The van der Waals surface area contributed by atoms with E-state index in [9.17, 15) is 4.79 Å². The van der Waals surface area contributed by atoms with Crippen molar-refractivity contribution >= 4 is 5.91 Å². The molecule has 1 aliphatic rings. The van der Waals surface area contributed by atoms with Crippen LogP contribution in [-0.4, -0.2) is 60.5 Å². The van der Waals surface area contributed by atoms with Gasteiger partial charge in [-0.15, -0.1) is 0 Å². The molecule has 1 aromatic rings. The molecule has 1 unspecified atom stereocenters. The van der Waals surface area contributed by atoms with Crippen LogP contribution in [0.5, 0.6) is 0 Å². The zero-order valence-corrected chi connectivity index (χ0v) is 13.1. The third-order valence-corrected chi connectivity index (χ3v) is 3.85. The Morgan fingerprint density at radius 1 is 1.43 bits per heavy atom. The lowest BCUT2D eigenvalue weighted by molar-refractivity contribution is -0.132. The predicted octanol–water partition coefficient (Wildman–Crippen LogP) is 1.11. The SMILES string of the molecule is CN(C)CCN(Cc1cccnc1)C(=O)CC1CCCN1. The van der Waals surface area contributed by atoms with E-state index < -0.39 is 0 Å². The van der Waals surface area contributed by atoms with Gasteiger partial charge in [0.05, 0.1) is 0 Å². The fourth-order valence-corrected chi connectivity index (χ4v) is 2.60. The van der Waals surface area contributed by atoms with Crippen LogP contribution in [0.4, 0.5) is 0 Å². The van der Waals surface area contributed by atoms with Crippen LogP contribution in [0.2, 0.25) is 0 Å². The highest BCUT2D eigenvalue weighted by atomic mass is 16.2. The zero-order chi connectivity index (χ0) is 15.1. The van der Waals surface area contributed by atoms with Gasteiger partial charge in [0.1, 0.15) is 0 Å². The van der Waals surface area contributed by atoms with E-state index >= 15 is 0 Å². The van der Waals surface area contributed by atoms with Gasteiger partial charge in [0, 0.05) is 44.5 Å². The number of pyridine rings is 1. The first kappa shape index (κ1) is 15.9. The number of nitrogens with zero attached hydrogens (tertiary/aromatic N) is 3. The fraction of sp³-hybridized carbons (Fsp3) is 0.625. The minimum Gasteiger partial charge on any atom is -0.337 e. The molecule has 2 rings (SSSR count). The van der Waals surface area contributed by atoms with Gasteiger partial charge in [0.25, 0.3) is 0 Å². The van der Waals surface area contributed by atoms with Gasteiger partial charge < -0.3 is 15.1 Å². The summed E-state index contributed by atoms with van der Waals surface area (Å²) in [6.07, 6.45) is 6.49.